The molecule has 6 heteroatoms. The van der Waals surface area contributed by atoms with Crippen molar-refractivity contribution in [2.75, 3.05) is 5.32 Å². The molecular weight excluding hydrogens is 314 g/mol. The molecule has 0 amide bonds. The summed E-state index contributed by atoms with van der Waals surface area (Å²) >= 11 is 0. The molecule has 0 bridgehead atoms. The van der Waals surface area contributed by atoms with Gasteiger partial charge < -0.3 is 5.32 Å². The van der Waals surface area contributed by atoms with Gasteiger partial charge in [0.2, 0.25) is 0 Å². The van der Waals surface area contributed by atoms with Gasteiger partial charge in [0.1, 0.15) is 17.5 Å². The zero-order valence-electron chi connectivity index (χ0n) is 12.9. The quantitative estimate of drug-likeness (QED) is 0.860. The molecule has 124 valence electrons. The van der Waals surface area contributed by atoms with Crippen LogP contribution in [0.25, 0.3) is 0 Å². The third-order valence-corrected chi connectivity index (χ3v) is 4.93. The fourth-order valence-electron chi connectivity index (χ4n) is 3.80. The number of hydrogen-bond donors (Lipinski definition) is 1. The molecule has 2 aliphatic rings. The molecule has 0 spiro atoms. The second-order valence-electron chi connectivity index (χ2n) is 6.36. The molecule has 2 atom stereocenters. The average molecular weight is 330 g/mol. The molecule has 1 aromatic carbocycles. The van der Waals surface area contributed by atoms with Gasteiger partial charge in [-0.25, -0.2) is 8.78 Å². The Morgan fingerprint density at radius 2 is 1.83 bits per heavy atom. The molecule has 1 aromatic heterocycles. The van der Waals surface area contributed by atoms with Gasteiger partial charge in [-0.15, -0.1) is 0 Å². The standard InChI is InChI=1S/C18H16F2N2O2/c19-10-5-6-11(13(20)9-10)17(24)12-7-8-16(23)22-15-4-2-1-3-14(15)21-18(12)22/h5-9,14-15,21H,1-4H2/t14-,15-/m0/s1. The Morgan fingerprint density at radius 3 is 2.62 bits per heavy atom. The number of nitrogens with zero attached hydrogens (tertiary/aromatic N) is 1. The van der Waals surface area contributed by atoms with Crippen molar-refractivity contribution in [3.8, 4) is 0 Å². The zero-order valence-corrected chi connectivity index (χ0v) is 12.9. The van der Waals surface area contributed by atoms with Crippen LogP contribution < -0.4 is 10.9 Å². The summed E-state index contributed by atoms with van der Waals surface area (Å²) in [6.45, 7) is 0. The summed E-state index contributed by atoms with van der Waals surface area (Å²) in [5.74, 6) is -1.74. The van der Waals surface area contributed by atoms with Crippen LogP contribution in [0.15, 0.2) is 35.1 Å². The van der Waals surface area contributed by atoms with E-state index >= 15 is 0 Å². The maximum atomic E-state index is 14.0. The lowest BCUT2D eigenvalue weighted by molar-refractivity contribution is 0.103. The van der Waals surface area contributed by atoms with Crippen LogP contribution >= 0.6 is 0 Å². The third-order valence-electron chi connectivity index (χ3n) is 4.93. The fourth-order valence-corrected chi connectivity index (χ4v) is 3.80. The summed E-state index contributed by atoms with van der Waals surface area (Å²) in [6.07, 6.45) is 3.93. The number of aromatic nitrogens is 1. The number of pyridine rings is 1. The Labute approximate surface area is 137 Å². The van der Waals surface area contributed by atoms with Crippen molar-refractivity contribution in [1.82, 2.24) is 4.57 Å². The average Bonchev–Trinajstić information content (AvgIpc) is 2.95. The van der Waals surface area contributed by atoms with Gasteiger partial charge in [0.05, 0.1) is 17.2 Å². The first-order chi connectivity index (χ1) is 11.6. The Bertz CT molecular complexity index is 891. The van der Waals surface area contributed by atoms with E-state index in [-0.39, 0.29) is 28.8 Å². The molecular formula is C18H16F2N2O2. The highest BCUT2D eigenvalue weighted by Crippen LogP contribution is 2.38. The molecule has 2 aromatic rings. The molecule has 1 N–H and O–H groups in total. The summed E-state index contributed by atoms with van der Waals surface area (Å²) < 4.78 is 28.7. The van der Waals surface area contributed by atoms with Gasteiger partial charge >= 0.3 is 0 Å². The van der Waals surface area contributed by atoms with Crippen molar-refractivity contribution in [3.63, 3.8) is 0 Å². The monoisotopic (exact) mass is 330 g/mol. The van der Waals surface area contributed by atoms with Crippen molar-refractivity contribution in [2.45, 2.75) is 37.8 Å². The van der Waals surface area contributed by atoms with E-state index in [1.165, 1.54) is 12.1 Å². The van der Waals surface area contributed by atoms with Crippen LogP contribution in [0.3, 0.4) is 0 Å². The smallest absolute Gasteiger partial charge is 0.252 e. The number of hydrogen-bond acceptors (Lipinski definition) is 3. The lowest BCUT2D eigenvalue weighted by Crippen LogP contribution is -2.29. The van der Waals surface area contributed by atoms with Crippen LogP contribution in [0, 0.1) is 11.6 Å². The minimum atomic E-state index is -0.902. The molecule has 0 unspecified atom stereocenters. The molecule has 0 saturated heterocycles. The summed E-state index contributed by atoms with van der Waals surface area (Å²) in [5, 5.41) is 3.27. The van der Waals surface area contributed by atoms with E-state index in [0.29, 0.717) is 11.9 Å². The van der Waals surface area contributed by atoms with Gasteiger partial charge in [-0.2, -0.15) is 0 Å². The van der Waals surface area contributed by atoms with Crippen molar-refractivity contribution < 1.29 is 13.6 Å². The largest absolute Gasteiger partial charge is 0.366 e. The summed E-state index contributed by atoms with van der Waals surface area (Å²) in [4.78, 5) is 25.0. The topological polar surface area (TPSA) is 51.1 Å². The number of nitrogens with one attached hydrogen (secondary N) is 1. The highest BCUT2D eigenvalue weighted by atomic mass is 19.1. The second-order valence-corrected chi connectivity index (χ2v) is 6.36. The molecule has 1 aliphatic heterocycles. The van der Waals surface area contributed by atoms with Crippen LogP contribution in [0.1, 0.15) is 47.6 Å². The summed E-state index contributed by atoms with van der Waals surface area (Å²) in [6, 6.07) is 5.80. The minimum absolute atomic E-state index is 0.0343. The summed E-state index contributed by atoms with van der Waals surface area (Å²) in [7, 11) is 0. The molecule has 1 aliphatic carbocycles. The Hall–Kier alpha value is -2.50. The van der Waals surface area contributed by atoms with E-state index in [0.717, 1.165) is 37.8 Å². The first-order valence-electron chi connectivity index (χ1n) is 8.08. The Balaban J connectivity index is 1.82. The van der Waals surface area contributed by atoms with Crippen LogP contribution in [-0.4, -0.2) is 16.4 Å². The number of benzene rings is 1. The lowest BCUT2D eigenvalue weighted by atomic mass is 9.91. The van der Waals surface area contributed by atoms with Crippen LogP contribution in [-0.2, 0) is 0 Å². The number of rotatable bonds is 2. The van der Waals surface area contributed by atoms with E-state index in [4.69, 9.17) is 0 Å². The molecule has 1 saturated carbocycles. The molecule has 2 heterocycles. The maximum absolute atomic E-state index is 14.0. The maximum Gasteiger partial charge on any atom is 0.252 e. The molecule has 24 heavy (non-hydrogen) atoms. The normalized spacial score (nSPS) is 21.8. The van der Waals surface area contributed by atoms with E-state index in [1.54, 1.807) is 4.57 Å². The van der Waals surface area contributed by atoms with Gasteiger partial charge in [-0.3, -0.25) is 14.2 Å². The summed E-state index contributed by atoms with van der Waals surface area (Å²) in [5.41, 5.74) is -0.118. The molecule has 0 radical (unpaired) electrons. The highest BCUT2D eigenvalue weighted by Gasteiger charge is 2.36. The van der Waals surface area contributed by atoms with Gasteiger partial charge in [0.25, 0.3) is 5.56 Å². The lowest BCUT2D eigenvalue weighted by Gasteiger charge is -2.25. The third kappa shape index (κ3) is 2.25. The molecule has 1 fully saturated rings. The number of anilines is 1. The first-order valence-corrected chi connectivity index (χ1v) is 8.08. The number of carbonyl (C=O) groups excluding carboxylic acids is 1. The second kappa shape index (κ2) is 5.54. The predicted molar refractivity (Wildman–Crippen MR) is 85.4 cm³/mol. The van der Waals surface area contributed by atoms with Crippen LogP contribution in [0.4, 0.5) is 14.6 Å². The van der Waals surface area contributed by atoms with Crippen LogP contribution in [0.5, 0.6) is 0 Å². The van der Waals surface area contributed by atoms with Gasteiger partial charge in [0.15, 0.2) is 5.78 Å². The van der Waals surface area contributed by atoms with Gasteiger partial charge in [0, 0.05) is 18.2 Å². The van der Waals surface area contributed by atoms with Crippen LogP contribution in [0.2, 0.25) is 0 Å². The fraction of sp³-hybridized carbons (Fsp3) is 0.333. The van der Waals surface area contributed by atoms with Crippen molar-refractivity contribution in [3.05, 3.63) is 63.4 Å². The van der Waals surface area contributed by atoms with Gasteiger partial charge in [-0.05, 0) is 31.0 Å². The van der Waals surface area contributed by atoms with Crippen molar-refractivity contribution in [1.29, 1.82) is 0 Å². The minimum Gasteiger partial charge on any atom is -0.366 e. The van der Waals surface area contributed by atoms with E-state index in [2.05, 4.69) is 5.32 Å². The van der Waals surface area contributed by atoms with E-state index in [9.17, 15) is 18.4 Å². The highest BCUT2D eigenvalue weighted by molar-refractivity contribution is 6.12. The van der Waals surface area contributed by atoms with E-state index < -0.39 is 17.4 Å². The Kier molecular flexibility index (Phi) is 3.48. The number of carbonyl (C=O) groups is 1. The number of fused-ring (bicyclic) bond motifs is 3. The first kappa shape index (κ1) is 15.1. The number of halogens is 2. The van der Waals surface area contributed by atoms with Gasteiger partial charge in [-0.1, -0.05) is 12.8 Å². The Morgan fingerprint density at radius 1 is 1.08 bits per heavy atom. The van der Waals surface area contributed by atoms with E-state index in [1.807, 2.05) is 0 Å². The number of ketones is 1. The molecule has 4 rings (SSSR count). The molecule has 4 nitrogen and oxygen atoms in total. The van der Waals surface area contributed by atoms with Crippen molar-refractivity contribution in [2.24, 2.45) is 0 Å². The SMILES string of the molecule is O=C(c1ccc(F)cc1F)c1ccc(=O)n2c1N[C@H]1CCCC[C@@H]12. The predicted octanol–water partition coefficient (Wildman–Crippen LogP) is 3.27. The zero-order chi connectivity index (χ0) is 16.8. The van der Waals surface area contributed by atoms with Crippen molar-refractivity contribution >= 4 is 11.6 Å².